The van der Waals surface area contributed by atoms with Crippen LogP contribution in [0.4, 0.5) is 0 Å². The van der Waals surface area contributed by atoms with Crippen molar-refractivity contribution in [1.29, 1.82) is 0 Å². The molecule has 4 rings (SSSR count). The maximum atomic E-state index is 12.8. The summed E-state index contributed by atoms with van der Waals surface area (Å²) in [6.45, 7) is 0.675. The quantitative estimate of drug-likeness (QED) is 0.0486. The van der Waals surface area contributed by atoms with E-state index >= 15 is 0 Å². The summed E-state index contributed by atoms with van der Waals surface area (Å²) < 4.78 is 61.4. The van der Waals surface area contributed by atoms with Crippen LogP contribution in [0.15, 0.2) is 12.2 Å². The highest BCUT2D eigenvalue weighted by molar-refractivity contribution is 7.91. The van der Waals surface area contributed by atoms with Gasteiger partial charge in [-0.15, -0.1) is 0 Å². The van der Waals surface area contributed by atoms with Gasteiger partial charge in [0.05, 0.1) is 42.4 Å². The Bertz CT molecular complexity index is 1180. The minimum atomic E-state index is -3.69. The average Bonchev–Trinajstić information content (AvgIpc) is 3.37. The van der Waals surface area contributed by atoms with Gasteiger partial charge in [0.25, 0.3) is 0 Å². The predicted octanol–water partition coefficient (Wildman–Crippen LogP) is -7.42. The van der Waals surface area contributed by atoms with E-state index in [1.54, 1.807) is 12.2 Å². The number of nitrogens with one attached hydrogen (secondary N) is 1. The number of aliphatic hydroxyl groups is 5. The summed E-state index contributed by atoms with van der Waals surface area (Å²) in [5, 5.41) is 57.0. The van der Waals surface area contributed by atoms with E-state index < -0.39 is 126 Å². The maximum Gasteiger partial charge on any atom is 0.187 e. The first-order chi connectivity index (χ1) is 23.7. The molecule has 20 nitrogen and oxygen atoms in total. The first-order valence-electron chi connectivity index (χ1n) is 17.0. The number of sulfone groups is 1. The van der Waals surface area contributed by atoms with Gasteiger partial charge in [0.2, 0.25) is 0 Å². The van der Waals surface area contributed by atoms with Crippen molar-refractivity contribution in [3.05, 3.63) is 12.2 Å². The number of ether oxygens (including phenoxy) is 6. The highest BCUT2D eigenvalue weighted by atomic mass is 32.2. The molecule has 3 fully saturated rings. The third kappa shape index (κ3) is 10.1. The summed E-state index contributed by atoms with van der Waals surface area (Å²) >= 11 is 0. The Morgan fingerprint density at radius 1 is 0.780 bits per heavy atom. The Hall–Kier alpha value is -1.03. The van der Waals surface area contributed by atoms with Gasteiger partial charge < -0.3 is 93.7 Å². The first kappa shape index (κ1) is 41.7. The van der Waals surface area contributed by atoms with Crippen molar-refractivity contribution in [2.24, 2.45) is 40.3 Å². The monoisotopic (exact) mass is 743 g/mol. The average molecular weight is 744 g/mol. The highest BCUT2D eigenvalue weighted by Gasteiger charge is 2.54. The van der Waals surface area contributed by atoms with Gasteiger partial charge in [0.15, 0.2) is 28.7 Å². The van der Waals surface area contributed by atoms with Gasteiger partial charge in [-0.2, -0.15) is 0 Å². The SMILES string of the molecule is NCCCNC[C@@H]1C=C[C@@H](N)[C@@H](O[C@H]2[C@H](O[C@@H]3O[C@H](CO)[C@@H](O[C@H]4O[C@@H](CN)[C@@H](O)[C@H](O)[C@H]4N)[C@H]3O)[C@@H](O)[C@H](CS(=O)(=O)CCN)C[C@@H]2N)O1. The van der Waals surface area contributed by atoms with E-state index in [1.165, 1.54) is 0 Å². The summed E-state index contributed by atoms with van der Waals surface area (Å²) in [5.41, 5.74) is 35.6. The van der Waals surface area contributed by atoms with E-state index in [9.17, 15) is 34.0 Å². The van der Waals surface area contributed by atoms with Crippen molar-refractivity contribution in [1.82, 2.24) is 5.32 Å². The molecule has 4 aliphatic rings. The molecule has 292 valence electrons. The van der Waals surface area contributed by atoms with Crippen LogP contribution in [-0.4, -0.2) is 183 Å². The Morgan fingerprint density at radius 2 is 1.46 bits per heavy atom. The Kier molecular flexibility index (Phi) is 15.7. The molecule has 0 spiro atoms. The molecule has 1 saturated carbocycles. The van der Waals surface area contributed by atoms with Crippen molar-refractivity contribution in [3.63, 3.8) is 0 Å². The number of hydrogen-bond acceptors (Lipinski definition) is 20. The summed E-state index contributed by atoms with van der Waals surface area (Å²) in [6.07, 6.45) is -12.3. The van der Waals surface area contributed by atoms with Crippen LogP contribution in [-0.2, 0) is 38.3 Å². The summed E-state index contributed by atoms with van der Waals surface area (Å²) in [6, 6.07) is -2.91. The molecule has 17 atom stereocenters. The third-order valence-electron chi connectivity index (χ3n) is 9.44. The lowest BCUT2D eigenvalue weighted by molar-refractivity contribution is -0.285. The topological polar surface area (TPSA) is 359 Å². The molecular formula is C29H57N7O13S. The van der Waals surface area contributed by atoms with Crippen LogP contribution in [0, 0.1) is 5.92 Å². The van der Waals surface area contributed by atoms with Gasteiger partial charge in [-0.25, -0.2) is 8.42 Å². The lowest BCUT2D eigenvalue weighted by Gasteiger charge is -2.46. The zero-order valence-corrected chi connectivity index (χ0v) is 28.7. The summed E-state index contributed by atoms with van der Waals surface area (Å²) in [4.78, 5) is 0. The fourth-order valence-corrected chi connectivity index (χ4v) is 8.16. The van der Waals surface area contributed by atoms with Crippen LogP contribution >= 0.6 is 0 Å². The third-order valence-corrected chi connectivity index (χ3v) is 11.2. The summed E-state index contributed by atoms with van der Waals surface area (Å²) in [5.74, 6) is -1.67. The lowest BCUT2D eigenvalue weighted by Crippen LogP contribution is -2.64. The van der Waals surface area contributed by atoms with Crippen molar-refractivity contribution in [2.45, 2.75) is 111 Å². The van der Waals surface area contributed by atoms with Crippen LogP contribution in [0.25, 0.3) is 0 Å². The van der Waals surface area contributed by atoms with Gasteiger partial charge in [-0.3, -0.25) is 0 Å². The van der Waals surface area contributed by atoms with Crippen molar-refractivity contribution < 1.29 is 62.4 Å². The standard InChI is InChI=1S/C29H57N7O13S/c30-4-1-6-36-10-14-2-3-15(33)27(44-14)47-24-16(34)8-13(12-50(42,43)7-5-31)20(38)26(24)49-29-23(41)25(18(11-37)46-29)48-28-19(35)22(40)21(39)17(9-32)45-28/h2-3,13-29,36-41H,1,4-12,30-35H2/t13-,14-,15+,16-,17-,18+,19+,20-,21+,22+,23+,24+,25+,26+,27+,28+,29-/m0/s1. The Labute approximate surface area is 291 Å². The van der Waals surface area contributed by atoms with Gasteiger partial charge >= 0.3 is 0 Å². The second-order valence-corrected chi connectivity index (χ2v) is 15.5. The number of hydrogen-bond donors (Lipinski definition) is 12. The molecule has 18 N–H and O–H groups in total. The predicted molar refractivity (Wildman–Crippen MR) is 176 cm³/mol. The van der Waals surface area contributed by atoms with Crippen LogP contribution < -0.4 is 39.7 Å². The van der Waals surface area contributed by atoms with E-state index in [-0.39, 0.29) is 25.3 Å². The second-order valence-electron chi connectivity index (χ2n) is 13.3. The zero-order valence-electron chi connectivity index (χ0n) is 27.9. The van der Waals surface area contributed by atoms with Crippen molar-refractivity contribution in [3.8, 4) is 0 Å². The fourth-order valence-electron chi connectivity index (χ4n) is 6.65. The molecule has 0 unspecified atom stereocenters. The maximum absolute atomic E-state index is 12.8. The van der Waals surface area contributed by atoms with E-state index in [0.717, 1.165) is 6.42 Å². The molecule has 0 aromatic carbocycles. The summed E-state index contributed by atoms with van der Waals surface area (Å²) in [7, 11) is -3.69. The molecule has 21 heteroatoms. The van der Waals surface area contributed by atoms with Crippen molar-refractivity contribution >= 4 is 9.84 Å². The normalized spacial score (nSPS) is 44.1. The molecule has 1 aliphatic carbocycles. The fraction of sp³-hybridized carbons (Fsp3) is 0.931. The van der Waals surface area contributed by atoms with Gasteiger partial charge in [0, 0.05) is 31.6 Å². The molecule has 50 heavy (non-hydrogen) atoms. The van der Waals surface area contributed by atoms with Crippen molar-refractivity contribution in [2.75, 3.05) is 50.8 Å². The molecule has 3 heterocycles. The molecule has 2 saturated heterocycles. The first-order valence-corrected chi connectivity index (χ1v) is 18.8. The molecule has 3 aliphatic heterocycles. The van der Waals surface area contributed by atoms with E-state index in [4.69, 9.17) is 62.8 Å². The van der Waals surface area contributed by atoms with Crippen LogP contribution in [0.2, 0.25) is 0 Å². The van der Waals surface area contributed by atoms with Gasteiger partial charge in [-0.05, 0) is 25.9 Å². The lowest BCUT2D eigenvalue weighted by atomic mass is 9.80. The zero-order chi connectivity index (χ0) is 36.7. The number of rotatable bonds is 17. The largest absolute Gasteiger partial charge is 0.394 e. The number of nitrogens with two attached hydrogens (primary N) is 6. The molecule has 0 aromatic rings. The van der Waals surface area contributed by atoms with Gasteiger partial charge in [0.1, 0.15) is 48.8 Å². The van der Waals surface area contributed by atoms with Gasteiger partial charge in [-0.1, -0.05) is 12.2 Å². The van der Waals surface area contributed by atoms with Crippen LogP contribution in [0.5, 0.6) is 0 Å². The minimum absolute atomic E-state index is 0.0177. The van der Waals surface area contributed by atoms with E-state index in [1.807, 2.05) is 0 Å². The molecule has 0 bridgehead atoms. The van der Waals surface area contributed by atoms with E-state index in [0.29, 0.717) is 19.6 Å². The second kappa shape index (κ2) is 18.8. The molecular weight excluding hydrogens is 686 g/mol. The van der Waals surface area contributed by atoms with Crippen LogP contribution in [0.1, 0.15) is 12.8 Å². The Morgan fingerprint density at radius 3 is 2.12 bits per heavy atom. The highest BCUT2D eigenvalue weighted by Crippen LogP contribution is 2.36. The van der Waals surface area contributed by atoms with Crippen LogP contribution in [0.3, 0.4) is 0 Å². The van der Waals surface area contributed by atoms with E-state index in [2.05, 4.69) is 5.32 Å². The molecule has 0 amide bonds. The number of aliphatic hydroxyl groups excluding tert-OH is 5. The minimum Gasteiger partial charge on any atom is -0.394 e. The molecule has 0 aromatic heterocycles. The molecule has 0 radical (unpaired) electrons. The Balaban J connectivity index is 1.54. The smallest absolute Gasteiger partial charge is 0.187 e.